The molecule has 2 aromatic rings. The predicted molar refractivity (Wildman–Crippen MR) is 109 cm³/mol. The summed E-state index contributed by atoms with van der Waals surface area (Å²) in [6, 6.07) is 6.77. The van der Waals surface area contributed by atoms with Crippen LogP contribution in [0.2, 0.25) is 0 Å². The van der Waals surface area contributed by atoms with E-state index < -0.39 is 17.5 Å². The monoisotopic (exact) mass is 403 g/mol. The highest BCUT2D eigenvalue weighted by Gasteiger charge is 2.21. The second-order valence-electron chi connectivity index (χ2n) is 6.94. The SMILES string of the molecule is CCOC(=O)c1c(C)nc(SC)nc1Nc1ccc(C(=O)OC(C)(C)C)cc1. The van der Waals surface area contributed by atoms with E-state index in [-0.39, 0.29) is 12.2 Å². The van der Waals surface area contributed by atoms with Gasteiger partial charge in [-0.3, -0.25) is 0 Å². The molecule has 150 valence electrons. The number of esters is 2. The summed E-state index contributed by atoms with van der Waals surface area (Å²) in [4.78, 5) is 33.2. The molecule has 2 rings (SSSR count). The standard InChI is InChI=1S/C20H25N3O4S/c1-7-26-18(25)15-12(2)21-19(28-6)23-16(15)22-14-10-8-13(9-11-14)17(24)27-20(3,4)5/h8-11H,7H2,1-6H3,(H,21,22,23). The van der Waals surface area contributed by atoms with Crippen molar-refractivity contribution in [3.63, 3.8) is 0 Å². The topological polar surface area (TPSA) is 90.4 Å². The van der Waals surface area contributed by atoms with Gasteiger partial charge in [-0.05, 0) is 65.1 Å². The van der Waals surface area contributed by atoms with E-state index in [1.807, 2.05) is 27.0 Å². The number of thioether (sulfide) groups is 1. The smallest absolute Gasteiger partial charge is 0.343 e. The lowest BCUT2D eigenvalue weighted by molar-refractivity contribution is 0.00693. The Morgan fingerprint density at radius 2 is 1.75 bits per heavy atom. The molecule has 7 nitrogen and oxygen atoms in total. The van der Waals surface area contributed by atoms with Gasteiger partial charge in [0.2, 0.25) is 0 Å². The molecule has 28 heavy (non-hydrogen) atoms. The third kappa shape index (κ3) is 5.69. The molecule has 0 aliphatic carbocycles. The Balaban J connectivity index is 2.30. The van der Waals surface area contributed by atoms with E-state index in [9.17, 15) is 9.59 Å². The van der Waals surface area contributed by atoms with Crippen LogP contribution >= 0.6 is 11.8 Å². The highest BCUT2D eigenvalue weighted by Crippen LogP contribution is 2.25. The van der Waals surface area contributed by atoms with Crippen LogP contribution in [0, 0.1) is 6.92 Å². The molecular formula is C20H25N3O4S. The number of hydrogen-bond donors (Lipinski definition) is 1. The van der Waals surface area contributed by atoms with Crippen LogP contribution in [-0.2, 0) is 9.47 Å². The Hall–Kier alpha value is -2.61. The molecule has 1 aromatic carbocycles. The van der Waals surface area contributed by atoms with Gasteiger partial charge in [0.05, 0.1) is 17.9 Å². The quantitative estimate of drug-likeness (QED) is 0.432. The summed E-state index contributed by atoms with van der Waals surface area (Å²) >= 11 is 1.38. The largest absolute Gasteiger partial charge is 0.462 e. The second kappa shape index (κ2) is 9.05. The number of aromatic nitrogens is 2. The van der Waals surface area contributed by atoms with Crippen molar-refractivity contribution in [1.82, 2.24) is 9.97 Å². The van der Waals surface area contributed by atoms with Crippen LogP contribution in [0.1, 0.15) is 54.1 Å². The number of aryl methyl sites for hydroxylation is 1. The first-order chi connectivity index (χ1) is 13.1. The minimum Gasteiger partial charge on any atom is -0.462 e. The van der Waals surface area contributed by atoms with Crippen molar-refractivity contribution in [3.05, 3.63) is 41.1 Å². The lowest BCUT2D eigenvalue weighted by Crippen LogP contribution is -2.23. The van der Waals surface area contributed by atoms with Gasteiger partial charge in [0.25, 0.3) is 0 Å². The highest BCUT2D eigenvalue weighted by atomic mass is 32.2. The fourth-order valence-corrected chi connectivity index (χ4v) is 2.75. The Morgan fingerprint density at radius 1 is 1.11 bits per heavy atom. The molecule has 0 unspecified atom stereocenters. The third-order valence-corrected chi connectivity index (χ3v) is 4.06. The second-order valence-corrected chi connectivity index (χ2v) is 7.72. The van der Waals surface area contributed by atoms with Crippen LogP contribution in [0.5, 0.6) is 0 Å². The lowest BCUT2D eigenvalue weighted by atomic mass is 10.1. The van der Waals surface area contributed by atoms with Gasteiger partial charge in [0.15, 0.2) is 5.16 Å². The number of hydrogen-bond acceptors (Lipinski definition) is 8. The first-order valence-electron chi connectivity index (χ1n) is 8.84. The van der Waals surface area contributed by atoms with Crippen LogP contribution in [0.3, 0.4) is 0 Å². The van der Waals surface area contributed by atoms with Gasteiger partial charge >= 0.3 is 11.9 Å². The number of carbonyl (C=O) groups is 2. The highest BCUT2D eigenvalue weighted by molar-refractivity contribution is 7.98. The van der Waals surface area contributed by atoms with Crippen molar-refractivity contribution in [2.24, 2.45) is 0 Å². The summed E-state index contributed by atoms with van der Waals surface area (Å²) in [6.45, 7) is 9.19. The zero-order valence-electron chi connectivity index (χ0n) is 17.0. The molecule has 0 bridgehead atoms. The third-order valence-electron chi connectivity index (χ3n) is 3.51. The minimum absolute atomic E-state index is 0.257. The zero-order chi connectivity index (χ0) is 20.9. The van der Waals surface area contributed by atoms with Crippen molar-refractivity contribution in [2.75, 3.05) is 18.2 Å². The Kier molecular flexibility index (Phi) is 7.01. The maximum Gasteiger partial charge on any atom is 0.343 e. The summed E-state index contributed by atoms with van der Waals surface area (Å²) in [5.41, 5.74) is 1.37. The number of anilines is 2. The molecule has 8 heteroatoms. The van der Waals surface area contributed by atoms with Gasteiger partial charge < -0.3 is 14.8 Å². The first kappa shape index (κ1) is 21.7. The van der Waals surface area contributed by atoms with Crippen molar-refractivity contribution >= 4 is 35.2 Å². The summed E-state index contributed by atoms with van der Waals surface area (Å²) in [5, 5.41) is 3.66. The van der Waals surface area contributed by atoms with Crippen LogP contribution < -0.4 is 5.32 Å². The van der Waals surface area contributed by atoms with E-state index >= 15 is 0 Å². The van der Waals surface area contributed by atoms with E-state index in [4.69, 9.17) is 9.47 Å². The summed E-state index contributed by atoms with van der Waals surface area (Å²) in [6.07, 6.45) is 1.86. The van der Waals surface area contributed by atoms with Crippen molar-refractivity contribution in [3.8, 4) is 0 Å². The average molecular weight is 404 g/mol. The average Bonchev–Trinajstić information content (AvgIpc) is 2.60. The molecule has 1 N–H and O–H groups in total. The Morgan fingerprint density at radius 3 is 2.29 bits per heavy atom. The molecular weight excluding hydrogens is 378 g/mol. The molecule has 0 atom stereocenters. The number of benzene rings is 1. The molecule has 0 radical (unpaired) electrons. The van der Waals surface area contributed by atoms with Crippen LogP contribution in [0.25, 0.3) is 0 Å². The molecule has 0 saturated heterocycles. The van der Waals surface area contributed by atoms with Gasteiger partial charge in [-0.25, -0.2) is 19.6 Å². The summed E-state index contributed by atoms with van der Waals surface area (Å²) < 4.78 is 10.5. The number of carbonyl (C=O) groups excluding carboxylic acids is 2. The Labute approximate surface area is 169 Å². The lowest BCUT2D eigenvalue weighted by Gasteiger charge is -2.19. The van der Waals surface area contributed by atoms with E-state index in [0.717, 1.165) is 0 Å². The zero-order valence-corrected chi connectivity index (χ0v) is 17.8. The maximum absolute atomic E-state index is 12.3. The predicted octanol–water partition coefficient (Wildman–Crippen LogP) is 4.38. The maximum atomic E-state index is 12.3. The molecule has 0 amide bonds. The van der Waals surface area contributed by atoms with E-state index in [1.165, 1.54) is 11.8 Å². The van der Waals surface area contributed by atoms with Gasteiger partial charge in [-0.15, -0.1) is 0 Å². The molecule has 0 saturated carbocycles. The number of nitrogens with one attached hydrogen (secondary N) is 1. The molecule has 0 spiro atoms. The van der Waals surface area contributed by atoms with Gasteiger partial charge in [0.1, 0.15) is 17.0 Å². The van der Waals surface area contributed by atoms with Gasteiger partial charge in [-0.1, -0.05) is 11.8 Å². The van der Waals surface area contributed by atoms with Crippen LogP contribution in [0.15, 0.2) is 29.4 Å². The molecule has 0 fully saturated rings. The number of nitrogens with zero attached hydrogens (tertiary/aromatic N) is 2. The number of ether oxygens (including phenoxy) is 2. The van der Waals surface area contributed by atoms with Crippen molar-refractivity contribution < 1.29 is 19.1 Å². The molecule has 0 aliphatic heterocycles. The fraction of sp³-hybridized carbons (Fsp3) is 0.400. The summed E-state index contributed by atoms with van der Waals surface area (Å²) in [5.74, 6) is -0.519. The normalized spacial score (nSPS) is 11.1. The number of rotatable bonds is 6. The Bertz CT molecular complexity index is 861. The van der Waals surface area contributed by atoms with Crippen LogP contribution in [0.4, 0.5) is 11.5 Å². The van der Waals surface area contributed by atoms with E-state index in [2.05, 4.69) is 15.3 Å². The fourth-order valence-electron chi connectivity index (χ4n) is 2.34. The van der Waals surface area contributed by atoms with Crippen molar-refractivity contribution in [2.45, 2.75) is 45.4 Å². The minimum atomic E-state index is -0.560. The van der Waals surface area contributed by atoms with Crippen LogP contribution in [-0.4, -0.2) is 40.4 Å². The molecule has 0 aliphatic rings. The summed E-state index contributed by atoms with van der Waals surface area (Å²) in [7, 11) is 0. The van der Waals surface area contributed by atoms with Gasteiger partial charge in [0, 0.05) is 5.69 Å². The first-order valence-corrected chi connectivity index (χ1v) is 10.1. The molecule has 1 heterocycles. The van der Waals surface area contributed by atoms with Gasteiger partial charge in [-0.2, -0.15) is 0 Å². The van der Waals surface area contributed by atoms with Crippen molar-refractivity contribution in [1.29, 1.82) is 0 Å². The van der Waals surface area contributed by atoms with E-state index in [1.54, 1.807) is 38.1 Å². The van der Waals surface area contributed by atoms with E-state index in [0.29, 0.717) is 27.9 Å². The molecule has 1 aromatic heterocycles.